The summed E-state index contributed by atoms with van der Waals surface area (Å²) >= 11 is 2.22. The first kappa shape index (κ1) is 8.34. The number of benzene rings is 1. The van der Waals surface area contributed by atoms with E-state index in [0.29, 0.717) is 0 Å². The van der Waals surface area contributed by atoms with Gasteiger partial charge in [0, 0.05) is 3.57 Å². The maximum atomic E-state index is 6.49. The molecular formula is C8H6INO. The smallest absolute Gasteiger partial charge is 0.357 e. The largest absolute Gasteiger partial charge is 0.426 e. The standard InChI is InChI=1S/C8H6INO/c1-10-6-11-8-4-2-7(9)3-5-8/h2-5H,6H2. The third-order valence-electron chi connectivity index (χ3n) is 1.11. The molecule has 0 aliphatic carbocycles. The molecule has 1 aromatic carbocycles. The van der Waals surface area contributed by atoms with Crippen molar-refractivity contribution in [2.24, 2.45) is 0 Å². The fourth-order valence-corrected chi connectivity index (χ4v) is 0.997. The number of hydrogen-bond donors (Lipinski definition) is 0. The zero-order valence-electron chi connectivity index (χ0n) is 5.75. The van der Waals surface area contributed by atoms with Gasteiger partial charge >= 0.3 is 6.73 Å². The lowest BCUT2D eigenvalue weighted by atomic mass is 10.3. The zero-order valence-corrected chi connectivity index (χ0v) is 7.91. The van der Waals surface area contributed by atoms with Gasteiger partial charge in [-0.05, 0) is 46.9 Å². The van der Waals surface area contributed by atoms with Gasteiger partial charge in [0.2, 0.25) is 0 Å². The van der Waals surface area contributed by atoms with E-state index in [1.165, 1.54) is 0 Å². The quantitative estimate of drug-likeness (QED) is 0.587. The average Bonchev–Trinajstić information content (AvgIpc) is 2.04. The maximum Gasteiger partial charge on any atom is 0.357 e. The lowest BCUT2D eigenvalue weighted by Gasteiger charge is -1.97. The Kier molecular flexibility index (Phi) is 3.17. The van der Waals surface area contributed by atoms with Gasteiger partial charge in [0.25, 0.3) is 0 Å². The average molecular weight is 259 g/mol. The van der Waals surface area contributed by atoms with Gasteiger partial charge < -0.3 is 4.74 Å². The molecule has 0 aromatic heterocycles. The number of rotatable bonds is 2. The monoisotopic (exact) mass is 259 g/mol. The molecule has 0 unspecified atom stereocenters. The van der Waals surface area contributed by atoms with Crippen LogP contribution in [0.3, 0.4) is 0 Å². The summed E-state index contributed by atoms with van der Waals surface area (Å²) in [7, 11) is 0. The molecule has 0 atom stereocenters. The highest BCUT2D eigenvalue weighted by atomic mass is 127. The summed E-state index contributed by atoms with van der Waals surface area (Å²) in [5.41, 5.74) is 0. The van der Waals surface area contributed by atoms with E-state index in [9.17, 15) is 0 Å². The van der Waals surface area contributed by atoms with E-state index < -0.39 is 0 Å². The normalized spacial score (nSPS) is 8.73. The molecule has 0 heterocycles. The van der Waals surface area contributed by atoms with Gasteiger partial charge in [-0.1, -0.05) is 0 Å². The van der Waals surface area contributed by atoms with Gasteiger partial charge in [-0.3, -0.25) is 4.85 Å². The molecule has 3 heteroatoms. The van der Waals surface area contributed by atoms with Crippen molar-refractivity contribution in [2.45, 2.75) is 0 Å². The fourth-order valence-electron chi connectivity index (χ4n) is 0.638. The van der Waals surface area contributed by atoms with Crippen LogP contribution in [0.25, 0.3) is 4.85 Å². The predicted octanol–water partition coefficient (Wildman–Crippen LogP) is 2.55. The highest BCUT2D eigenvalue weighted by Crippen LogP contribution is 2.12. The van der Waals surface area contributed by atoms with Crippen LogP contribution in [0.4, 0.5) is 0 Å². The Morgan fingerprint density at radius 2 is 2.00 bits per heavy atom. The van der Waals surface area contributed by atoms with E-state index in [2.05, 4.69) is 27.4 Å². The summed E-state index contributed by atoms with van der Waals surface area (Å²) in [6, 6.07) is 7.60. The highest BCUT2D eigenvalue weighted by Gasteiger charge is 1.92. The molecule has 0 bridgehead atoms. The summed E-state index contributed by atoms with van der Waals surface area (Å²) < 4.78 is 6.22. The second-order valence-electron chi connectivity index (χ2n) is 1.89. The first-order valence-corrected chi connectivity index (χ1v) is 4.12. The van der Waals surface area contributed by atoms with Gasteiger partial charge in [-0.2, -0.15) is 0 Å². The van der Waals surface area contributed by atoms with Crippen LogP contribution in [-0.2, 0) is 0 Å². The van der Waals surface area contributed by atoms with E-state index in [4.69, 9.17) is 11.3 Å². The van der Waals surface area contributed by atoms with Crippen molar-refractivity contribution >= 4 is 22.6 Å². The summed E-state index contributed by atoms with van der Waals surface area (Å²) in [4.78, 5) is 3.08. The molecule has 11 heavy (non-hydrogen) atoms. The zero-order chi connectivity index (χ0) is 8.10. The summed E-state index contributed by atoms with van der Waals surface area (Å²) in [5, 5.41) is 0. The number of hydrogen-bond acceptors (Lipinski definition) is 1. The molecule has 2 nitrogen and oxygen atoms in total. The number of nitrogens with zero attached hydrogens (tertiary/aromatic N) is 1. The minimum Gasteiger partial charge on any atom is -0.426 e. The molecule has 0 radical (unpaired) electrons. The molecule has 0 N–H and O–H groups in total. The van der Waals surface area contributed by atoms with Crippen molar-refractivity contribution in [1.82, 2.24) is 0 Å². The third kappa shape index (κ3) is 2.76. The molecule has 0 aliphatic rings. The van der Waals surface area contributed by atoms with Crippen LogP contribution in [0.5, 0.6) is 5.75 Å². The lowest BCUT2D eigenvalue weighted by Crippen LogP contribution is -1.90. The Labute approximate surface area is 79.1 Å². The maximum absolute atomic E-state index is 6.49. The minimum atomic E-state index is 0.0978. The Bertz CT molecular complexity index is 262. The third-order valence-corrected chi connectivity index (χ3v) is 1.83. The van der Waals surface area contributed by atoms with Gasteiger partial charge in [0.05, 0.1) is 0 Å². The van der Waals surface area contributed by atoms with Crippen molar-refractivity contribution in [3.63, 3.8) is 0 Å². The summed E-state index contributed by atoms with van der Waals surface area (Å²) in [6.45, 7) is 6.59. The van der Waals surface area contributed by atoms with E-state index in [-0.39, 0.29) is 6.73 Å². The predicted molar refractivity (Wildman–Crippen MR) is 51.3 cm³/mol. The molecule has 1 rings (SSSR count). The van der Waals surface area contributed by atoms with Crippen LogP contribution >= 0.6 is 22.6 Å². The SMILES string of the molecule is [C-]#[N+]COc1ccc(I)cc1. The Morgan fingerprint density at radius 1 is 1.36 bits per heavy atom. The molecular weight excluding hydrogens is 253 g/mol. The first-order valence-electron chi connectivity index (χ1n) is 3.04. The molecule has 56 valence electrons. The number of halogens is 1. The van der Waals surface area contributed by atoms with Crippen LogP contribution in [0.1, 0.15) is 0 Å². The Hall–Kier alpha value is -0.760. The van der Waals surface area contributed by atoms with Crippen LogP contribution in [0, 0.1) is 10.1 Å². The van der Waals surface area contributed by atoms with E-state index >= 15 is 0 Å². The summed E-state index contributed by atoms with van der Waals surface area (Å²) in [6.07, 6.45) is 0. The van der Waals surface area contributed by atoms with Gasteiger partial charge in [-0.25, -0.2) is 6.57 Å². The van der Waals surface area contributed by atoms with Crippen molar-refractivity contribution in [3.05, 3.63) is 39.3 Å². The lowest BCUT2D eigenvalue weighted by molar-refractivity contribution is 0.361. The molecule has 0 saturated carbocycles. The van der Waals surface area contributed by atoms with Crippen LogP contribution in [-0.4, -0.2) is 6.73 Å². The van der Waals surface area contributed by atoms with Crippen molar-refractivity contribution in [3.8, 4) is 5.75 Å². The topological polar surface area (TPSA) is 13.6 Å². The van der Waals surface area contributed by atoms with Crippen LogP contribution in [0.2, 0.25) is 0 Å². The fraction of sp³-hybridized carbons (Fsp3) is 0.125. The Morgan fingerprint density at radius 3 is 2.55 bits per heavy atom. The van der Waals surface area contributed by atoms with E-state index in [1.807, 2.05) is 24.3 Å². The molecule has 0 amide bonds. The second kappa shape index (κ2) is 4.19. The van der Waals surface area contributed by atoms with Crippen LogP contribution in [0.15, 0.2) is 24.3 Å². The molecule has 1 aromatic rings. The van der Waals surface area contributed by atoms with Gasteiger partial charge in [0.1, 0.15) is 5.75 Å². The minimum absolute atomic E-state index is 0.0978. The summed E-state index contributed by atoms with van der Waals surface area (Å²) in [5.74, 6) is 0.751. The molecule has 0 fully saturated rings. The highest BCUT2D eigenvalue weighted by molar-refractivity contribution is 14.1. The van der Waals surface area contributed by atoms with Gasteiger partial charge in [-0.15, -0.1) is 0 Å². The van der Waals surface area contributed by atoms with Crippen molar-refractivity contribution in [1.29, 1.82) is 0 Å². The molecule has 0 saturated heterocycles. The first-order chi connectivity index (χ1) is 5.33. The Balaban J connectivity index is 2.60. The molecule has 0 aliphatic heterocycles. The van der Waals surface area contributed by atoms with E-state index in [1.54, 1.807) is 0 Å². The van der Waals surface area contributed by atoms with Crippen molar-refractivity contribution < 1.29 is 4.74 Å². The van der Waals surface area contributed by atoms with E-state index in [0.717, 1.165) is 9.32 Å². The molecule has 0 spiro atoms. The number of ether oxygens (including phenoxy) is 1. The van der Waals surface area contributed by atoms with Crippen molar-refractivity contribution in [2.75, 3.05) is 6.73 Å². The van der Waals surface area contributed by atoms with Crippen LogP contribution < -0.4 is 4.74 Å². The van der Waals surface area contributed by atoms with Gasteiger partial charge in [0.15, 0.2) is 0 Å². The second-order valence-corrected chi connectivity index (χ2v) is 3.13.